The van der Waals surface area contributed by atoms with Gasteiger partial charge in [-0.05, 0) is 56.9 Å². The number of methoxy groups -OCH3 is 1. The predicted molar refractivity (Wildman–Crippen MR) is 97.2 cm³/mol. The van der Waals surface area contributed by atoms with E-state index in [-0.39, 0.29) is 18.0 Å². The first kappa shape index (κ1) is 17.5. The molecule has 1 amide bonds. The van der Waals surface area contributed by atoms with Crippen LogP contribution in [0.1, 0.15) is 42.2 Å². The average Bonchev–Trinajstić information content (AvgIpc) is 3.11. The lowest BCUT2D eigenvalue weighted by atomic mass is 9.96. The number of likely N-dealkylation sites (tertiary alicyclic amines) is 1. The Morgan fingerprint density at radius 2 is 2.16 bits per heavy atom. The molecule has 1 aliphatic heterocycles. The second-order valence-electron chi connectivity index (χ2n) is 6.74. The number of aromatic nitrogens is 2. The van der Waals surface area contributed by atoms with Gasteiger partial charge < -0.3 is 15.4 Å². The van der Waals surface area contributed by atoms with Crippen molar-refractivity contribution in [2.45, 2.75) is 45.2 Å². The summed E-state index contributed by atoms with van der Waals surface area (Å²) in [5.41, 5.74) is 8.46. The molecule has 1 saturated heterocycles. The quantitative estimate of drug-likeness (QED) is 0.927. The number of amides is 1. The highest BCUT2D eigenvalue weighted by Crippen LogP contribution is 2.25. The summed E-state index contributed by atoms with van der Waals surface area (Å²) in [5.74, 6) is 0.673. The number of rotatable bonds is 4. The van der Waals surface area contributed by atoms with Crippen LogP contribution in [-0.4, -0.2) is 46.3 Å². The molecule has 2 unspecified atom stereocenters. The van der Waals surface area contributed by atoms with Gasteiger partial charge in [0, 0.05) is 24.8 Å². The van der Waals surface area contributed by atoms with Gasteiger partial charge in [0.1, 0.15) is 11.4 Å². The molecule has 0 radical (unpaired) electrons. The molecule has 1 fully saturated rings. The van der Waals surface area contributed by atoms with Gasteiger partial charge in [-0.1, -0.05) is 6.07 Å². The second-order valence-corrected chi connectivity index (χ2v) is 6.74. The van der Waals surface area contributed by atoms with Crippen LogP contribution in [0.3, 0.4) is 0 Å². The number of benzene rings is 1. The number of piperidine rings is 1. The molecule has 1 aromatic carbocycles. The summed E-state index contributed by atoms with van der Waals surface area (Å²) in [7, 11) is 1.63. The number of nitrogens with zero attached hydrogens (tertiary/aromatic N) is 3. The van der Waals surface area contributed by atoms with Gasteiger partial charge in [0.15, 0.2) is 5.69 Å². The summed E-state index contributed by atoms with van der Waals surface area (Å²) in [5, 5.41) is 4.50. The number of carbonyl (C=O) groups excluding carboxylic acids is 1. The summed E-state index contributed by atoms with van der Waals surface area (Å²) in [4.78, 5) is 14.8. The zero-order valence-corrected chi connectivity index (χ0v) is 15.1. The Morgan fingerprint density at radius 3 is 2.88 bits per heavy atom. The monoisotopic (exact) mass is 342 g/mol. The number of nitrogens with two attached hydrogens (primary N) is 1. The van der Waals surface area contributed by atoms with E-state index in [1.165, 1.54) is 0 Å². The van der Waals surface area contributed by atoms with Gasteiger partial charge in [0.2, 0.25) is 0 Å². The molecule has 2 heterocycles. The van der Waals surface area contributed by atoms with Gasteiger partial charge in [-0.3, -0.25) is 4.79 Å². The minimum Gasteiger partial charge on any atom is -0.494 e. The van der Waals surface area contributed by atoms with Crippen molar-refractivity contribution in [1.29, 1.82) is 0 Å². The predicted octanol–water partition coefficient (Wildman–Crippen LogP) is 2.53. The smallest absolute Gasteiger partial charge is 0.274 e. The molecule has 3 rings (SSSR count). The van der Waals surface area contributed by atoms with Crippen LogP contribution in [0.4, 0.5) is 0 Å². The van der Waals surface area contributed by atoms with Crippen LogP contribution in [-0.2, 0) is 0 Å². The van der Waals surface area contributed by atoms with E-state index in [2.05, 4.69) is 5.10 Å². The molecule has 6 heteroatoms. The van der Waals surface area contributed by atoms with E-state index in [1.807, 2.05) is 36.9 Å². The summed E-state index contributed by atoms with van der Waals surface area (Å²) in [6.07, 6.45) is 4.89. The van der Waals surface area contributed by atoms with Gasteiger partial charge in [0.25, 0.3) is 5.91 Å². The van der Waals surface area contributed by atoms with Gasteiger partial charge in [-0.15, -0.1) is 0 Å². The highest BCUT2D eigenvalue weighted by molar-refractivity contribution is 5.92. The summed E-state index contributed by atoms with van der Waals surface area (Å²) < 4.78 is 7.11. The van der Waals surface area contributed by atoms with E-state index >= 15 is 0 Å². The Hall–Kier alpha value is -2.34. The fourth-order valence-corrected chi connectivity index (χ4v) is 3.45. The number of hydrogen-bond acceptors (Lipinski definition) is 4. The molecule has 1 aliphatic rings. The molecular formula is C19H26N4O2. The largest absolute Gasteiger partial charge is 0.494 e. The van der Waals surface area contributed by atoms with Crippen LogP contribution >= 0.6 is 0 Å². The third kappa shape index (κ3) is 3.54. The summed E-state index contributed by atoms with van der Waals surface area (Å²) in [6.45, 7) is 4.72. The van der Waals surface area contributed by atoms with Crippen LogP contribution in [0, 0.1) is 6.92 Å². The highest BCUT2D eigenvalue weighted by atomic mass is 16.5. The van der Waals surface area contributed by atoms with E-state index in [1.54, 1.807) is 24.1 Å². The van der Waals surface area contributed by atoms with E-state index in [9.17, 15) is 4.79 Å². The van der Waals surface area contributed by atoms with Gasteiger partial charge in [0.05, 0.1) is 7.11 Å². The summed E-state index contributed by atoms with van der Waals surface area (Å²) >= 11 is 0. The third-order valence-electron chi connectivity index (χ3n) is 4.81. The molecule has 0 saturated carbocycles. The number of aryl methyl sites for hydroxylation is 1. The van der Waals surface area contributed by atoms with Crippen LogP contribution in [0.15, 0.2) is 30.5 Å². The summed E-state index contributed by atoms with van der Waals surface area (Å²) in [6, 6.07) is 7.69. The first-order valence-corrected chi connectivity index (χ1v) is 8.78. The Bertz CT molecular complexity index is 754. The van der Waals surface area contributed by atoms with Gasteiger partial charge in [-0.25, -0.2) is 4.68 Å². The SMILES string of the molecule is COc1ccc(C)cc1-n1ccc(C(=O)N2CCCCC2C(C)N)n1. The van der Waals surface area contributed by atoms with E-state index in [4.69, 9.17) is 10.5 Å². The maximum absolute atomic E-state index is 12.9. The van der Waals surface area contributed by atoms with Crippen molar-refractivity contribution in [3.8, 4) is 11.4 Å². The second kappa shape index (κ2) is 7.27. The van der Waals surface area contributed by atoms with Crippen LogP contribution in [0.5, 0.6) is 5.75 Å². The van der Waals surface area contributed by atoms with Crippen molar-refractivity contribution in [3.05, 3.63) is 41.7 Å². The lowest BCUT2D eigenvalue weighted by Gasteiger charge is -2.37. The maximum atomic E-state index is 12.9. The lowest BCUT2D eigenvalue weighted by molar-refractivity contribution is 0.0577. The van der Waals surface area contributed by atoms with Crippen molar-refractivity contribution in [3.63, 3.8) is 0 Å². The topological polar surface area (TPSA) is 73.4 Å². The molecule has 134 valence electrons. The molecule has 25 heavy (non-hydrogen) atoms. The maximum Gasteiger partial charge on any atom is 0.274 e. The fraction of sp³-hybridized carbons (Fsp3) is 0.474. The third-order valence-corrected chi connectivity index (χ3v) is 4.81. The first-order chi connectivity index (χ1) is 12.0. The molecule has 1 aromatic heterocycles. The molecule has 0 bridgehead atoms. The van der Waals surface area contributed by atoms with Crippen molar-refractivity contribution < 1.29 is 9.53 Å². The lowest BCUT2D eigenvalue weighted by Crippen LogP contribution is -2.51. The van der Waals surface area contributed by atoms with Gasteiger partial charge in [-0.2, -0.15) is 5.10 Å². The zero-order chi connectivity index (χ0) is 18.0. The van der Waals surface area contributed by atoms with E-state index in [0.29, 0.717) is 5.69 Å². The number of ether oxygens (including phenoxy) is 1. The Balaban J connectivity index is 1.88. The van der Waals surface area contributed by atoms with Gasteiger partial charge >= 0.3 is 0 Å². The van der Waals surface area contributed by atoms with Crippen LogP contribution in [0.2, 0.25) is 0 Å². The minimum atomic E-state index is -0.0487. The molecule has 6 nitrogen and oxygen atoms in total. The van der Waals surface area contributed by atoms with Crippen LogP contribution in [0.25, 0.3) is 5.69 Å². The molecule has 2 N–H and O–H groups in total. The number of carbonyl (C=O) groups is 1. The standard InChI is InChI=1S/C19H26N4O2/c1-13-7-8-18(25-3)17(12-13)23-11-9-15(21-23)19(24)22-10-5-4-6-16(22)14(2)20/h7-9,11-12,14,16H,4-6,10,20H2,1-3H3. The Morgan fingerprint density at radius 1 is 1.36 bits per heavy atom. The van der Waals surface area contributed by atoms with Crippen LogP contribution < -0.4 is 10.5 Å². The Labute approximate surface area is 148 Å². The Kier molecular flexibility index (Phi) is 5.08. The first-order valence-electron chi connectivity index (χ1n) is 8.78. The zero-order valence-electron chi connectivity index (χ0n) is 15.1. The fourth-order valence-electron chi connectivity index (χ4n) is 3.45. The number of hydrogen-bond donors (Lipinski definition) is 1. The molecule has 0 aliphatic carbocycles. The van der Waals surface area contributed by atoms with Crippen molar-refractivity contribution in [1.82, 2.24) is 14.7 Å². The molecule has 2 atom stereocenters. The molecule has 0 spiro atoms. The normalized spacial score (nSPS) is 18.9. The highest BCUT2D eigenvalue weighted by Gasteiger charge is 2.31. The van der Waals surface area contributed by atoms with E-state index < -0.39 is 0 Å². The van der Waals surface area contributed by atoms with Crippen molar-refractivity contribution in [2.75, 3.05) is 13.7 Å². The van der Waals surface area contributed by atoms with Crippen molar-refractivity contribution >= 4 is 5.91 Å². The van der Waals surface area contributed by atoms with E-state index in [0.717, 1.165) is 42.8 Å². The molecule has 2 aromatic rings. The minimum absolute atomic E-state index is 0.0387. The average molecular weight is 342 g/mol. The van der Waals surface area contributed by atoms with Crippen molar-refractivity contribution in [2.24, 2.45) is 5.73 Å². The molecular weight excluding hydrogens is 316 g/mol.